The van der Waals surface area contributed by atoms with Crippen LogP contribution >= 0.6 is 0 Å². The summed E-state index contributed by atoms with van der Waals surface area (Å²) in [5.74, 6) is -0.669. The summed E-state index contributed by atoms with van der Waals surface area (Å²) in [5, 5.41) is 22.5. The van der Waals surface area contributed by atoms with Gasteiger partial charge >= 0.3 is 0 Å². The Morgan fingerprint density at radius 1 is 1.09 bits per heavy atom. The van der Waals surface area contributed by atoms with E-state index in [1.807, 2.05) is 13.8 Å². The van der Waals surface area contributed by atoms with Crippen molar-refractivity contribution in [2.24, 2.45) is 5.10 Å². The van der Waals surface area contributed by atoms with Crippen molar-refractivity contribution < 1.29 is 18.6 Å². The molecule has 0 amide bonds. The highest BCUT2D eigenvalue weighted by Gasteiger charge is 2.13. The normalized spacial score (nSPS) is 11.7. The number of aryl methyl sites for hydroxylation is 2. The number of hydrogen-bond donors (Lipinski definition) is 3. The minimum absolute atomic E-state index is 0.105. The van der Waals surface area contributed by atoms with Gasteiger partial charge in [-0.2, -0.15) is 13.5 Å². The lowest BCUT2D eigenvalue weighted by molar-refractivity contribution is 0.403. The van der Waals surface area contributed by atoms with Crippen molar-refractivity contribution in [3.63, 3.8) is 0 Å². The molecule has 22 heavy (non-hydrogen) atoms. The summed E-state index contributed by atoms with van der Waals surface area (Å²) in [4.78, 5) is 2.17. The molecule has 0 aliphatic carbocycles. The quantitative estimate of drug-likeness (QED) is 0.456. The smallest absolute Gasteiger partial charge is 0.276 e. The predicted molar refractivity (Wildman–Crippen MR) is 83.6 cm³/mol. The van der Waals surface area contributed by atoms with Crippen molar-refractivity contribution in [2.45, 2.75) is 18.7 Å². The van der Waals surface area contributed by atoms with Gasteiger partial charge in [0.15, 0.2) is 11.5 Å². The van der Waals surface area contributed by atoms with Crippen molar-refractivity contribution in [1.82, 2.24) is 4.83 Å². The zero-order valence-corrected chi connectivity index (χ0v) is 12.9. The third kappa shape index (κ3) is 3.37. The first-order valence-corrected chi connectivity index (χ1v) is 7.92. The fourth-order valence-electron chi connectivity index (χ4n) is 1.75. The van der Waals surface area contributed by atoms with Gasteiger partial charge in [-0.15, -0.1) is 0 Å². The monoisotopic (exact) mass is 320 g/mol. The van der Waals surface area contributed by atoms with E-state index in [2.05, 4.69) is 9.93 Å². The molecule has 2 aromatic rings. The van der Waals surface area contributed by atoms with E-state index in [1.165, 1.54) is 24.3 Å². The molecule has 7 heteroatoms. The molecule has 6 nitrogen and oxygen atoms in total. The molecule has 0 radical (unpaired) electrons. The maximum absolute atomic E-state index is 12.1. The highest BCUT2D eigenvalue weighted by Crippen LogP contribution is 2.26. The van der Waals surface area contributed by atoms with Gasteiger partial charge in [-0.25, -0.2) is 4.83 Å². The van der Waals surface area contributed by atoms with Crippen molar-refractivity contribution in [1.29, 1.82) is 0 Å². The number of hydrogen-bond acceptors (Lipinski definition) is 5. The average molecular weight is 320 g/mol. The summed E-state index contributed by atoms with van der Waals surface area (Å²) < 4.78 is 24.2. The Morgan fingerprint density at radius 3 is 2.50 bits per heavy atom. The molecule has 2 rings (SSSR count). The third-order valence-corrected chi connectivity index (χ3v) is 4.43. The Labute approximate surface area is 128 Å². The fourth-order valence-corrected chi connectivity index (χ4v) is 2.63. The number of rotatable bonds is 4. The summed E-state index contributed by atoms with van der Waals surface area (Å²) in [6, 6.07) is 9.07. The van der Waals surface area contributed by atoms with Gasteiger partial charge in [0, 0.05) is 5.56 Å². The van der Waals surface area contributed by atoms with E-state index < -0.39 is 10.0 Å². The summed E-state index contributed by atoms with van der Waals surface area (Å²) in [5.41, 5.74) is 2.05. The van der Waals surface area contributed by atoms with Gasteiger partial charge in [0.1, 0.15) is 0 Å². The number of hydrazone groups is 1. The average Bonchev–Trinajstić information content (AvgIpc) is 2.46. The van der Waals surface area contributed by atoms with Gasteiger partial charge in [0.25, 0.3) is 10.0 Å². The molecular formula is C15H16N2O4S. The van der Waals surface area contributed by atoms with Crippen LogP contribution in [0.1, 0.15) is 16.7 Å². The van der Waals surface area contributed by atoms with Gasteiger partial charge in [-0.05, 0) is 49.2 Å². The second kappa shape index (κ2) is 6.07. The Morgan fingerprint density at radius 2 is 1.82 bits per heavy atom. The van der Waals surface area contributed by atoms with Crippen molar-refractivity contribution in [3.8, 4) is 11.5 Å². The van der Waals surface area contributed by atoms with Crippen LogP contribution in [-0.4, -0.2) is 24.8 Å². The molecule has 0 aromatic heterocycles. The Hall–Kier alpha value is -2.54. The van der Waals surface area contributed by atoms with Crippen LogP contribution in [0.5, 0.6) is 11.5 Å². The molecule has 0 saturated heterocycles. The predicted octanol–water partition coefficient (Wildman–Crippen LogP) is 2.03. The molecule has 0 fully saturated rings. The Bertz CT molecular complexity index is 829. The van der Waals surface area contributed by atoms with Gasteiger partial charge in [0.2, 0.25) is 0 Å². The Balaban J connectivity index is 2.20. The standard InChI is InChI=1S/C15H16N2O4S/c1-10-6-7-13(8-11(10)2)22(20,21)17-16-9-12-4-3-5-14(18)15(12)19/h3-9,17-19H,1-2H3/b16-9-. The highest BCUT2D eigenvalue weighted by molar-refractivity contribution is 7.89. The molecule has 0 atom stereocenters. The van der Waals surface area contributed by atoms with Crippen LogP contribution in [0, 0.1) is 13.8 Å². The number of aromatic hydroxyl groups is 2. The largest absolute Gasteiger partial charge is 0.504 e. The van der Waals surface area contributed by atoms with E-state index >= 15 is 0 Å². The van der Waals surface area contributed by atoms with Gasteiger partial charge < -0.3 is 10.2 Å². The van der Waals surface area contributed by atoms with Crippen LogP contribution in [0.4, 0.5) is 0 Å². The van der Waals surface area contributed by atoms with Crippen LogP contribution in [0.15, 0.2) is 46.4 Å². The Kier molecular flexibility index (Phi) is 4.37. The molecule has 0 bridgehead atoms. The zero-order valence-electron chi connectivity index (χ0n) is 12.1. The number of sulfonamides is 1. The molecule has 0 aliphatic heterocycles. The van der Waals surface area contributed by atoms with Gasteiger partial charge in [0.05, 0.1) is 11.1 Å². The molecule has 0 heterocycles. The summed E-state index contributed by atoms with van der Waals surface area (Å²) in [7, 11) is -3.78. The number of para-hydroxylation sites is 1. The molecule has 0 unspecified atom stereocenters. The number of benzene rings is 2. The SMILES string of the molecule is Cc1ccc(S(=O)(=O)N/N=C\c2cccc(O)c2O)cc1C. The first-order valence-electron chi connectivity index (χ1n) is 6.44. The topological polar surface area (TPSA) is 99.0 Å². The van der Waals surface area contributed by atoms with E-state index in [0.717, 1.165) is 17.3 Å². The van der Waals surface area contributed by atoms with Crippen molar-refractivity contribution >= 4 is 16.2 Å². The van der Waals surface area contributed by atoms with E-state index in [1.54, 1.807) is 12.1 Å². The molecule has 0 aliphatic rings. The summed E-state index contributed by atoms with van der Waals surface area (Å²) >= 11 is 0. The van der Waals surface area contributed by atoms with Crippen LogP contribution in [-0.2, 0) is 10.0 Å². The molecule has 0 spiro atoms. The first kappa shape index (κ1) is 15.8. The fraction of sp³-hybridized carbons (Fsp3) is 0.133. The molecule has 116 valence electrons. The highest BCUT2D eigenvalue weighted by atomic mass is 32.2. The summed E-state index contributed by atoms with van der Waals surface area (Å²) in [6.07, 6.45) is 1.12. The minimum atomic E-state index is -3.78. The zero-order chi connectivity index (χ0) is 16.3. The lowest BCUT2D eigenvalue weighted by atomic mass is 10.1. The molecule has 2 aromatic carbocycles. The lowest BCUT2D eigenvalue weighted by Gasteiger charge is -2.06. The maximum Gasteiger partial charge on any atom is 0.276 e. The lowest BCUT2D eigenvalue weighted by Crippen LogP contribution is -2.18. The van der Waals surface area contributed by atoms with E-state index in [9.17, 15) is 18.6 Å². The van der Waals surface area contributed by atoms with Crippen LogP contribution in [0.2, 0.25) is 0 Å². The van der Waals surface area contributed by atoms with Gasteiger partial charge in [-0.3, -0.25) is 0 Å². The first-order chi connectivity index (χ1) is 10.3. The second-order valence-electron chi connectivity index (χ2n) is 4.81. The second-order valence-corrected chi connectivity index (χ2v) is 6.47. The molecule has 3 N–H and O–H groups in total. The van der Waals surface area contributed by atoms with Gasteiger partial charge in [-0.1, -0.05) is 12.1 Å². The maximum atomic E-state index is 12.1. The van der Waals surface area contributed by atoms with E-state index in [-0.39, 0.29) is 22.0 Å². The number of phenols is 2. The van der Waals surface area contributed by atoms with Crippen LogP contribution < -0.4 is 4.83 Å². The van der Waals surface area contributed by atoms with Crippen LogP contribution in [0.3, 0.4) is 0 Å². The number of nitrogens with zero attached hydrogens (tertiary/aromatic N) is 1. The van der Waals surface area contributed by atoms with E-state index in [0.29, 0.717) is 0 Å². The third-order valence-electron chi connectivity index (χ3n) is 3.21. The number of nitrogens with one attached hydrogen (secondary N) is 1. The van der Waals surface area contributed by atoms with Crippen molar-refractivity contribution in [3.05, 3.63) is 53.1 Å². The van der Waals surface area contributed by atoms with Crippen molar-refractivity contribution in [2.75, 3.05) is 0 Å². The van der Waals surface area contributed by atoms with E-state index in [4.69, 9.17) is 0 Å². The summed E-state index contributed by atoms with van der Waals surface area (Å²) in [6.45, 7) is 3.71. The number of phenolic OH excluding ortho intramolecular Hbond substituents is 2. The molecule has 0 saturated carbocycles. The molecular weight excluding hydrogens is 304 g/mol. The minimum Gasteiger partial charge on any atom is -0.504 e. The van der Waals surface area contributed by atoms with Crippen LogP contribution in [0.25, 0.3) is 0 Å².